The molecule has 5 heteroatoms. The molecule has 5 nitrogen and oxygen atoms in total. The van der Waals surface area contributed by atoms with Crippen LogP contribution in [-0.2, 0) is 4.74 Å². The number of aromatic amines is 1. The predicted molar refractivity (Wildman–Crippen MR) is 83.4 cm³/mol. The van der Waals surface area contributed by atoms with Crippen LogP contribution in [0, 0.1) is 13.8 Å². The molecule has 2 rings (SSSR count). The number of para-hydroxylation sites is 1. The van der Waals surface area contributed by atoms with E-state index in [1.165, 1.54) is 0 Å². The van der Waals surface area contributed by atoms with Gasteiger partial charge in [-0.1, -0.05) is 18.2 Å². The number of aryl methyl sites for hydroxylation is 2. The summed E-state index contributed by atoms with van der Waals surface area (Å²) in [5.74, 6) is 0.0673. The van der Waals surface area contributed by atoms with Crippen LogP contribution in [0.5, 0.6) is 5.75 Å². The zero-order valence-electron chi connectivity index (χ0n) is 12.9. The topological polar surface area (TPSA) is 68.4 Å². The van der Waals surface area contributed by atoms with Crippen molar-refractivity contribution in [1.82, 2.24) is 4.98 Å². The number of carbonyl (C=O) groups is 1. The third kappa shape index (κ3) is 3.97. The quantitative estimate of drug-likeness (QED) is 0.862. The van der Waals surface area contributed by atoms with Gasteiger partial charge in [0.15, 0.2) is 0 Å². The van der Waals surface area contributed by atoms with E-state index in [1.807, 2.05) is 30.3 Å². The summed E-state index contributed by atoms with van der Waals surface area (Å²) in [6.45, 7) is 5.42. The number of nitrogens with one attached hydrogen (secondary N) is 1. The van der Waals surface area contributed by atoms with Crippen molar-refractivity contribution in [2.45, 2.75) is 26.9 Å². The Morgan fingerprint density at radius 2 is 1.91 bits per heavy atom. The predicted octanol–water partition coefficient (Wildman–Crippen LogP) is 2.62. The van der Waals surface area contributed by atoms with E-state index in [1.54, 1.807) is 26.8 Å². The van der Waals surface area contributed by atoms with Crippen molar-refractivity contribution in [2.24, 2.45) is 0 Å². The molecule has 1 aromatic heterocycles. The van der Waals surface area contributed by atoms with Crippen molar-refractivity contribution >= 4 is 5.97 Å². The standard InChI is InChI=1S/C17H19NO4/c1-11-9-12(2)18-16(19)15(11)17(20)22-13(3)10-21-14-7-5-4-6-8-14/h4-9,13H,10H2,1-3H3,(H,18,19). The molecule has 0 saturated heterocycles. The average molecular weight is 301 g/mol. The fourth-order valence-electron chi connectivity index (χ4n) is 2.11. The maximum atomic E-state index is 12.1. The van der Waals surface area contributed by atoms with Crippen molar-refractivity contribution in [3.05, 3.63) is 63.6 Å². The molecule has 0 aliphatic carbocycles. The summed E-state index contributed by atoms with van der Waals surface area (Å²) in [7, 11) is 0. The molecule has 2 aromatic rings. The Morgan fingerprint density at radius 1 is 1.23 bits per heavy atom. The molecule has 1 heterocycles. The fourth-order valence-corrected chi connectivity index (χ4v) is 2.11. The van der Waals surface area contributed by atoms with Crippen molar-refractivity contribution < 1.29 is 14.3 Å². The molecule has 0 aliphatic heterocycles. The summed E-state index contributed by atoms with van der Waals surface area (Å²) < 4.78 is 10.8. The summed E-state index contributed by atoms with van der Waals surface area (Å²) in [6, 6.07) is 11.0. The Kier molecular flexibility index (Phi) is 4.99. The number of benzene rings is 1. The maximum absolute atomic E-state index is 12.1. The van der Waals surface area contributed by atoms with Crippen LogP contribution in [0.1, 0.15) is 28.5 Å². The number of ether oxygens (including phenoxy) is 2. The zero-order valence-corrected chi connectivity index (χ0v) is 12.9. The minimum Gasteiger partial charge on any atom is -0.490 e. The summed E-state index contributed by atoms with van der Waals surface area (Å²) in [4.78, 5) is 26.6. The lowest BCUT2D eigenvalue weighted by Gasteiger charge is -2.15. The number of aromatic nitrogens is 1. The van der Waals surface area contributed by atoms with Crippen LogP contribution in [0.3, 0.4) is 0 Å². The summed E-state index contributed by atoms with van der Waals surface area (Å²) in [5, 5.41) is 0. The van der Waals surface area contributed by atoms with Gasteiger partial charge < -0.3 is 14.5 Å². The molecule has 1 N–H and O–H groups in total. The van der Waals surface area contributed by atoms with Crippen molar-refractivity contribution in [2.75, 3.05) is 6.61 Å². The lowest BCUT2D eigenvalue weighted by molar-refractivity contribution is 0.0226. The molecule has 0 radical (unpaired) electrons. The fraction of sp³-hybridized carbons (Fsp3) is 0.294. The normalized spacial score (nSPS) is 11.8. The zero-order chi connectivity index (χ0) is 16.1. The van der Waals surface area contributed by atoms with Gasteiger partial charge in [-0.2, -0.15) is 0 Å². The van der Waals surface area contributed by atoms with Gasteiger partial charge in [0.25, 0.3) is 5.56 Å². The first-order valence-electron chi connectivity index (χ1n) is 7.06. The monoisotopic (exact) mass is 301 g/mol. The minimum atomic E-state index is -0.636. The molecule has 0 spiro atoms. The molecular weight excluding hydrogens is 282 g/mol. The molecule has 1 aromatic carbocycles. The van der Waals surface area contributed by atoms with Gasteiger partial charge in [-0.3, -0.25) is 4.79 Å². The number of hydrogen-bond acceptors (Lipinski definition) is 4. The Bertz CT molecular complexity index is 706. The number of esters is 1. The Labute approximate surface area is 128 Å². The molecule has 0 saturated carbocycles. The second-order valence-corrected chi connectivity index (χ2v) is 5.18. The van der Waals surface area contributed by atoms with E-state index in [4.69, 9.17) is 9.47 Å². The molecule has 1 unspecified atom stereocenters. The van der Waals surface area contributed by atoms with Crippen molar-refractivity contribution in [1.29, 1.82) is 0 Å². The van der Waals surface area contributed by atoms with E-state index < -0.39 is 17.6 Å². The maximum Gasteiger partial charge on any atom is 0.344 e. The number of rotatable bonds is 5. The summed E-state index contributed by atoms with van der Waals surface area (Å²) in [6.07, 6.45) is -0.465. The SMILES string of the molecule is Cc1cc(C)c(C(=O)OC(C)COc2ccccc2)c(=O)[nH]1. The highest BCUT2D eigenvalue weighted by Gasteiger charge is 2.18. The summed E-state index contributed by atoms with van der Waals surface area (Å²) >= 11 is 0. The van der Waals surface area contributed by atoms with Gasteiger partial charge in [0, 0.05) is 5.69 Å². The average Bonchev–Trinajstić information content (AvgIpc) is 2.45. The van der Waals surface area contributed by atoms with Crippen LogP contribution in [0.2, 0.25) is 0 Å². The molecular formula is C17H19NO4. The first-order chi connectivity index (χ1) is 10.5. The summed E-state index contributed by atoms with van der Waals surface area (Å²) in [5.41, 5.74) is 0.915. The first kappa shape index (κ1) is 15.8. The van der Waals surface area contributed by atoms with E-state index in [0.29, 0.717) is 17.0 Å². The van der Waals surface area contributed by atoms with E-state index in [2.05, 4.69) is 4.98 Å². The van der Waals surface area contributed by atoms with Crippen LogP contribution in [0.25, 0.3) is 0 Å². The van der Waals surface area contributed by atoms with E-state index in [-0.39, 0.29) is 12.2 Å². The molecule has 0 bridgehead atoms. The van der Waals surface area contributed by atoms with Gasteiger partial charge in [-0.05, 0) is 44.5 Å². The van der Waals surface area contributed by atoms with Crippen molar-refractivity contribution in [3.63, 3.8) is 0 Å². The Morgan fingerprint density at radius 3 is 2.55 bits per heavy atom. The van der Waals surface area contributed by atoms with Crippen LogP contribution in [0.4, 0.5) is 0 Å². The third-order valence-corrected chi connectivity index (χ3v) is 3.11. The third-order valence-electron chi connectivity index (χ3n) is 3.11. The van der Waals surface area contributed by atoms with Crippen LogP contribution in [-0.4, -0.2) is 23.7 Å². The van der Waals surface area contributed by atoms with E-state index in [0.717, 1.165) is 0 Å². The Balaban J connectivity index is 1.98. The highest BCUT2D eigenvalue weighted by Crippen LogP contribution is 2.11. The van der Waals surface area contributed by atoms with Crippen molar-refractivity contribution in [3.8, 4) is 5.75 Å². The minimum absolute atomic E-state index is 0.0390. The molecule has 0 amide bonds. The van der Waals surface area contributed by atoms with E-state index >= 15 is 0 Å². The molecule has 22 heavy (non-hydrogen) atoms. The largest absolute Gasteiger partial charge is 0.490 e. The van der Waals surface area contributed by atoms with Gasteiger partial charge in [0.2, 0.25) is 0 Å². The number of H-pyrrole nitrogens is 1. The highest BCUT2D eigenvalue weighted by molar-refractivity contribution is 5.90. The van der Waals surface area contributed by atoms with Crippen LogP contribution < -0.4 is 10.3 Å². The second-order valence-electron chi connectivity index (χ2n) is 5.18. The van der Waals surface area contributed by atoms with Gasteiger partial charge in [-0.25, -0.2) is 4.79 Å². The Hall–Kier alpha value is -2.56. The number of hydrogen-bond donors (Lipinski definition) is 1. The number of pyridine rings is 1. The van der Waals surface area contributed by atoms with E-state index in [9.17, 15) is 9.59 Å². The molecule has 116 valence electrons. The second kappa shape index (κ2) is 6.93. The first-order valence-corrected chi connectivity index (χ1v) is 7.06. The van der Waals surface area contributed by atoms with Gasteiger partial charge >= 0.3 is 5.97 Å². The van der Waals surface area contributed by atoms with Gasteiger partial charge in [-0.15, -0.1) is 0 Å². The smallest absolute Gasteiger partial charge is 0.344 e. The van der Waals surface area contributed by atoms with Gasteiger partial charge in [0.05, 0.1) is 0 Å². The lowest BCUT2D eigenvalue weighted by atomic mass is 10.1. The molecule has 0 fully saturated rings. The van der Waals surface area contributed by atoms with Crippen LogP contribution >= 0.6 is 0 Å². The molecule has 0 aliphatic rings. The number of carbonyl (C=O) groups excluding carboxylic acids is 1. The highest BCUT2D eigenvalue weighted by atomic mass is 16.6. The van der Waals surface area contributed by atoms with Gasteiger partial charge in [0.1, 0.15) is 24.0 Å². The lowest BCUT2D eigenvalue weighted by Crippen LogP contribution is -2.27. The molecule has 1 atom stereocenters. The van der Waals surface area contributed by atoms with Crippen LogP contribution in [0.15, 0.2) is 41.2 Å².